The zero-order valence-electron chi connectivity index (χ0n) is 53.2. The fourth-order valence-electron chi connectivity index (χ4n) is 11.1. The van der Waals surface area contributed by atoms with Gasteiger partial charge in [0.2, 0.25) is 0 Å². The minimum Gasteiger partial charge on any atom is -0.353 e. The van der Waals surface area contributed by atoms with Crippen molar-refractivity contribution in [2.24, 2.45) is 7.05 Å². The molecular weight excluding hydrogens is 1210 g/mol. The summed E-state index contributed by atoms with van der Waals surface area (Å²) in [6.45, 7) is 17.2. The minimum atomic E-state index is -3.27. The van der Waals surface area contributed by atoms with Gasteiger partial charge in [-0.05, 0) is 158 Å². The monoisotopic (exact) mass is 1280 g/mol. The van der Waals surface area contributed by atoms with E-state index in [4.69, 9.17) is 0 Å². The van der Waals surface area contributed by atoms with Gasteiger partial charge in [0, 0.05) is 84.1 Å². The largest absolute Gasteiger partial charge is 0.353 e. The summed E-state index contributed by atoms with van der Waals surface area (Å²) in [7, 11) is -1.27. The highest BCUT2D eigenvalue weighted by molar-refractivity contribution is 7.90. The molecule has 0 saturated carbocycles. The molecule has 6 aliphatic heterocycles. The number of benzene rings is 6. The van der Waals surface area contributed by atoms with Crippen LogP contribution in [0.2, 0.25) is 0 Å². The topological polar surface area (TPSA) is 317 Å². The number of hydrogen-bond donors (Lipinski definition) is 6. The van der Waals surface area contributed by atoms with Gasteiger partial charge in [0.25, 0.3) is 16.7 Å². The first-order valence-electron chi connectivity index (χ1n) is 30.5. The number of hydrogen-bond acceptors (Lipinski definition) is 17. The number of sulfone groups is 1. The van der Waals surface area contributed by atoms with Crippen LogP contribution in [0.4, 0.5) is 0 Å². The molecule has 6 N–H and O–H groups in total. The van der Waals surface area contributed by atoms with Crippen molar-refractivity contribution in [1.29, 1.82) is 0 Å². The molecular formula is C69H70N16O8S. The van der Waals surface area contributed by atoms with Gasteiger partial charge in [0.1, 0.15) is 0 Å². The van der Waals surface area contributed by atoms with E-state index >= 15 is 0 Å². The summed E-state index contributed by atoms with van der Waals surface area (Å²) in [5.41, 5.74) is 13.5. The molecule has 0 aliphatic carbocycles. The van der Waals surface area contributed by atoms with E-state index in [9.17, 15) is 37.2 Å². The van der Waals surface area contributed by atoms with Crippen LogP contribution in [0.5, 0.6) is 0 Å². The average molecular weight is 1280 g/mol. The van der Waals surface area contributed by atoms with Crippen molar-refractivity contribution in [3.05, 3.63) is 246 Å². The van der Waals surface area contributed by atoms with Crippen LogP contribution in [0.15, 0.2) is 167 Å². The molecule has 7 heterocycles. The lowest BCUT2D eigenvalue weighted by molar-refractivity contribution is 0.588. The molecule has 6 aromatic carbocycles. The third-order valence-corrected chi connectivity index (χ3v) is 17.7. The molecule has 0 bridgehead atoms. The summed E-state index contributed by atoms with van der Waals surface area (Å²) in [6, 6.07) is 41.5. The third-order valence-electron chi connectivity index (χ3n) is 16.6. The normalized spacial score (nSPS) is 11.6. The molecule has 24 nitrogen and oxygen atoms in total. The summed E-state index contributed by atoms with van der Waals surface area (Å²) in [5, 5.41) is 10.2. The van der Waals surface area contributed by atoms with E-state index in [1.165, 1.54) is 28.6 Å². The maximum Gasteiger partial charge on any atom is 0.349 e. The van der Waals surface area contributed by atoms with Crippen molar-refractivity contribution < 1.29 is 8.42 Å². The summed E-state index contributed by atoms with van der Waals surface area (Å²) >= 11 is 0. The van der Waals surface area contributed by atoms with Crippen molar-refractivity contribution in [2.45, 2.75) is 85.7 Å². The molecule has 0 fully saturated rings. The van der Waals surface area contributed by atoms with Gasteiger partial charge >= 0.3 is 17.1 Å². The molecule has 480 valence electrons. The molecule has 0 spiro atoms. The summed E-state index contributed by atoms with van der Waals surface area (Å²) in [5.74, 6) is 0.846. The Balaban J connectivity index is 0.000000145. The van der Waals surface area contributed by atoms with Crippen LogP contribution in [0.1, 0.15) is 50.2 Å². The van der Waals surface area contributed by atoms with E-state index in [0.29, 0.717) is 80.6 Å². The Morgan fingerprint density at radius 2 is 0.809 bits per heavy atom. The van der Waals surface area contributed by atoms with E-state index in [1.54, 1.807) is 18.2 Å². The maximum absolute atomic E-state index is 12.4. The van der Waals surface area contributed by atoms with Gasteiger partial charge in [0.05, 0.1) is 38.0 Å². The zero-order valence-corrected chi connectivity index (χ0v) is 54.0. The van der Waals surface area contributed by atoms with Crippen LogP contribution in [0.25, 0.3) is 78.8 Å². The number of aromatic amines is 3. The molecule has 0 amide bonds. The first-order valence-corrected chi connectivity index (χ1v) is 32.4. The molecule has 1 aromatic heterocycles. The number of aromatic nitrogens is 13. The molecule has 0 radical (unpaired) electrons. The summed E-state index contributed by atoms with van der Waals surface area (Å²) in [4.78, 5) is 105. The highest BCUT2D eigenvalue weighted by Crippen LogP contribution is 2.27. The van der Waals surface area contributed by atoms with Crippen molar-refractivity contribution in [2.75, 3.05) is 25.9 Å². The fourth-order valence-corrected chi connectivity index (χ4v) is 11.8. The van der Waals surface area contributed by atoms with Crippen molar-refractivity contribution in [3.8, 4) is 45.7 Å². The Bertz CT molecular complexity index is 5380. The SMILES string of the molecule is Cc1cc2nc3c(=O)[nH]c(=O)nc-3n(CCNCc3ccc(-c4ccccc4)cc3)c2cc1C.Cc1cc2nc3c(=O)[nH]c(=O)nc-3n(CCNCc3cccc(S(C)(=O)=O)c3)c2cc1C.Cc1cc2nc3c(=O)[nH]c(=O)nc-3n(CCNCc3cccn3C)c2cc1C. The van der Waals surface area contributed by atoms with Gasteiger partial charge in [-0.1, -0.05) is 66.7 Å². The predicted octanol–water partition coefficient (Wildman–Crippen LogP) is 6.38. The predicted molar refractivity (Wildman–Crippen MR) is 364 cm³/mol. The van der Waals surface area contributed by atoms with E-state index in [2.05, 4.69) is 108 Å². The molecule has 25 heteroatoms. The molecule has 0 unspecified atom stereocenters. The van der Waals surface area contributed by atoms with Crippen LogP contribution in [-0.2, 0) is 56.2 Å². The number of nitrogens with one attached hydrogen (secondary N) is 6. The second-order valence-electron chi connectivity index (χ2n) is 23.3. The van der Waals surface area contributed by atoms with Gasteiger partial charge < -0.3 is 34.2 Å². The number of nitrogens with zero attached hydrogens (tertiary/aromatic N) is 10. The lowest BCUT2D eigenvalue weighted by atomic mass is 10.0. The van der Waals surface area contributed by atoms with E-state index in [1.807, 2.05) is 135 Å². The van der Waals surface area contributed by atoms with Gasteiger partial charge in [-0.2, -0.15) is 15.0 Å². The zero-order chi connectivity index (χ0) is 66.5. The molecule has 7 aromatic rings. The third kappa shape index (κ3) is 14.5. The summed E-state index contributed by atoms with van der Waals surface area (Å²) < 4.78 is 31.2. The van der Waals surface area contributed by atoms with Gasteiger partial charge in [-0.3, -0.25) is 29.3 Å². The Morgan fingerprint density at radius 3 is 1.21 bits per heavy atom. The first kappa shape index (κ1) is 64.8. The van der Waals surface area contributed by atoms with E-state index in [-0.39, 0.29) is 27.8 Å². The molecule has 13 rings (SSSR count). The summed E-state index contributed by atoms with van der Waals surface area (Å²) in [6.07, 6.45) is 3.19. The minimum absolute atomic E-state index is 0.112. The number of aryl methyl sites for hydroxylation is 7. The number of fused-ring (bicyclic) bond motifs is 6. The van der Waals surface area contributed by atoms with E-state index in [0.717, 1.165) is 62.0 Å². The highest BCUT2D eigenvalue weighted by atomic mass is 32.2. The Hall–Kier alpha value is -10.7. The van der Waals surface area contributed by atoms with Crippen LogP contribution in [-0.4, -0.2) is 97.4 Å². The van der Waals surface area contributed by atoms with Gasteiger partial charge in [0.15, 0.2) is 44.4 Å². The van der Waals surface area contributed by atoms with Gasteiger partial charge in [-0.15, -0.1) is 0 Å². The van der Waals surface area contributed by atoms with Crippen molar-refractivity contribution >= 4 is 42.9 Å². The Kier molecular flexibility index (Phi) is 19.0. The highest BCUT2D eigenvalue weighted by Gasteiger charge is 2.23. The van der Waals surface area contributed by atoms with E-state index < -0.39 is 43.6 Å². The quantitative estimate of drug-likeness (QED) is 0.0425. The van der Waals surface area contributed by atoms with Crippen LogP contribution in [0.3, 0.4) is 0 Å². The van der Waals surface area contributed by atoms with Crippen molar-refractivity contribution in [1.82, 2.24) is 79.1 Å². The first-order chi connectivity index (χ1) is 45.1. The molecule has 0 atom stereocenters. The lowest BCUT2D eigenvalue weighted by Gasteiger charge is -2.18. The smallest absolute Gasteiger partial charge is 0.349 e. The lowest BCUT2D eigenvalue weighted by Crippen LogP contribution is -2.30. The number of rotatable bonds is 17. The average Bonchev–Trinajstić information content (AvgIpc) is 0.821. The maximum atomic E-state index is 12.4. The second kappa shape index (κ2) is 27.6. The number of H-pyrrole nitrogens is 3. The molecule has 94 heavy (non-hydrogen) atoms. The van der Waals surface area contributed by atoms with Gasteiger partial charge in [-0.25, -0.2) is 37.8 Å². The standard InChI is InChI=1S/C27H25N5O2.C22H23N5O4S.C20H22N6O2/c1-17-14-22-23(15-18(17)2)32(25-24(29-22)26(33)31-27(34)30-25)13-12-28-16-19-8-10-21(11-9-19)20-6-4-3-5-7-20;1-13-9-17-18(10-14(13)2)27(20-19(24-17)21(28)26-22(29)25-20)8-7-23-12-15-5-4-6-16(11-15)32(3,30)31;1-12-9-15-16(10-13(12)2)26(8-6-21-11-14-5-4-7-25(14)3)18-17(22-15)19(27)24-20(28)23-18/h3-11,14-15,28H,12-13,16H2,1-2H3,(H,31,33,34);4-6,9-11,23H,7-8,12H2,1-3H3,(H,26,28,29);4-5,7,9-10,21H,6,8,11H2,1-3H3,(H,24,27,28). The van der Waals surface area contributed by atoms with Crippen LogP contribution in [0, 0.1) is 41.5 Å². The van der Waals surface area contributed by atoms with Crippen molar-refractivity contribution in [3.63, 3.8) is 0 Å². The fraction of sp³-hybridized carbons (Fsp3) is 0.246. The van der Waals surface area contributed by atoms with Crippen LogP contribution >= 0.6 is 0 Å². The van der Waals surface area contributed by atoms with Crippen LogP contribution < -0.4 is 49.7 Å². The Morgan fingerprint density at radius 1 is 0.415 bits per heavy atom. The Labute approximate surface area is 538 Å². The molecule has 0 saturated heterocycles. The molecule has 6 aliphatic rings. The second-order valence-corrected chi connectivity index (χ2v) is 25.3.